The van der Waals surface area contributed by atoms with Gasteiger partial charge in [0.1, 0.15) is 12.6 Å². The van der Waals surface area contributed by atoms with E-state index in [4.69, 9.17) is 0 Å². The third-order valence-electron chi connectivity index (χ3n) is 7.71. The summed E-state index contributed by atoms with van der Waals surface area (Å²) in [6.45, 7) is 7.39. The summed E-state index contributed by atoms with van der Waals surface area (Å²) in [6, 6.07) is 29.7. The molecule has 1 N–H and O–H groups in total. The molecule has 2 atom stereocenters. The minimum absolute atomic E-state index is 0.0735. The summed E-state index contributed by atoms with van der Waals surface area (Å²) in [6.07, 6.45) is 0.991. The lowest BCUT2D eigenvalue weighted by molar-refractivity contribution is -0.140. The van der Waals surface area contributed by atoms with Crippen LogP contribution in [0.2, 0.25) is 0 Å². The Kier molecular flexibility index (Phi) is 11.6. The number of benzene rings is 4. The van der Waals surface area contributed by atoms with Crippen molar-refractivity contribution in [2.75, 3.05) is 10.8 Å². The van der Waals surface area contributed by atoms with Crippen molar-refractivity contribution in [1.29, 1.82) is 0 Å². The van der Waals surface area contributed by atoms with Gasteiger partial charge in [0.2, 0.25) is 11.8 Å². The molecular weight excluding hydrogens is 650 g/mol. The maximum Gasteiger partial charge on any atom is 0.264 e. The molecule has 0 aliphatic heterocycles. The Morgan fingerprint density at radius 1 is 0.822 bits per heavy atom. The highest BCUT2D eigenvalue weighted by molar-refractivity contribution is 9.10. The lowest BCUT2D eigenvalue weighted by Gasteiger charge is -2.34. The number of nitrogens with one attached hydrogen (secondary N) is 1. The van der Waals surface area contributed by atoms with Crippen molar-refractivity contribution in [3.8, 4) is 0 Å². The van der Waals surface area contributed by atoms with Crippen LogP contribution in [-0.2, 0) is 32.6 Å². The number of halogens is 1. The Morgan fingerprint density at radius 2 is 1.47 bits per heavy atom. The molecule has 4 aromatic carbocycles. The molecule has 0 fully saturated rings. The van der Waals surface area contributed by atoms with Crippen molar-refractivity contribution in [1.82, 2.24) is 10.2 Å². The van der Waals surface area contributed by atoms with E-state index in [0.717, 1.165) is 37.5 Å². The van der Waals surface area contributed by atoms with Crippen LogP contribution in [0.25, 0.3) is 0 Å². The summed E-state index contributed by atoms with van der Waals surface area (Å²) < 4.78 is 30.2. The molecule has 236 valence electrons. The molecule has 7 nitrogen and oxygen atoms in total. The van der Waals surface area contributed by atoms with Crippen LogP contribution in [0, 0.1) is 13.8 Å². The minimum Gasteiger partial charge on any atom is -0.352 e. The Labute approximate surface area is 275 Å². The highest BCUT2D eigenvalue weighted by Gasteiger charge is 2.35. The van der Waals surface area contributed by atoms with Crippen LogP contribution in [0.5, 0.6) is 0 Å². The number of nitrogens with zero attached hydrogens (tertiary/aromatic N) is 2. The van der Waals surface area contributed by atoms with Crippen LogP contribution >= 0.6 is 15.9 Å². The zero-order valence-corrected chi connectivity index (χ0v) is 28.5. The fraction of sp³-hybridized carbons (Fsp3) is 0.278. The van der Waals surface area contributed by atoms with Gasteiger partial charge >= 0.3 is 0 Å². The van der Waals surface area contributed by atoms with E-state index < -0.39 is 28.5 Å². The zero-order valence-electron chi connectivity index (χ0n) is 26.1. The number of aryl methyl sites for hydroxylation is 2. The van der Waals surface area contributed by atoms with Crippen molar-refractivity contribution in [2.24, 2.45) is 0 Å². The molecule has 0 aromatic heterocycles. The lowest BCUT2D eigenvalue weighted by atomic mass is 10.0. The summed E-state index contributed by atoms with van der Waals surface area (Å²) in [4.78, 5) is 30.1. The highest BCUT2D eigenvalue weighted by atomic mass is 79.9. The van der Waals surface area contributed by atoms with Crippen LogP contribution in [0.15, 0.2) is 112 Å². The first-order chi connectivity index (χ1) is 21.5. The Morgan fingerprint density at radius 3 is 2.09 bits per heavy atom. The number of carbonyl (C=O) groups is 2. The summed E-state index contributed by atoms with van der Waals surface area (Å²) in [5, 5.41) is 3.07. The minimum atomic E-state index is -4.15. The first-order valence-electron chi connectivity index (χ1n) is 15.0. The van der Waals surface area contributed by atoms with Crippen LogP contribution < -0.4 is 9.62 Å². The molecule has 4 rings (SSSR count). The van der Waals surface area contributed by atoms with Crippen LogP contribution in [0.3, 0.4) is 0 Å². The fourth-order valence-corrected chi connectivity index (χ4v) is 6.65. The van der Waals surface area contributed by atoms with E-state index in [1.165, 1.54) is 4.90 Å². The molecule has 0 bridgehead atoms. The number of hydrogen-bond donors (Lipinski definition) is 1. The predicted molar refractivity (Wildman–Crippen MR) is 183 cm³/mol. The number of sulfonamides is 1. The van der Waals surface area contributed by atoms with Gasteiger partial charge in [-0.25, -0.2) is 8.42 Å². The third kappa shape index (κ3) is 9.05. The highest BCUT2D eigenvalue weighted by Crippen LogP contribution is 2.27. The van der Waals surface area contributed by atoms with E-state index in [0.29, 0.717) is 5.69 Å². The van der Waals surface area contributed by atoms with E-state index in [2.05, 4.69) is 21.2 Å². The quantitative estimate of drug-likeness (QED) is 0.167. The number of carbonyl (C=O) groups excluding carboxylic acids is 2. The molecule has 4 aromatic rings. The van der Waals surface area contributed by atoms with Crippen molar-refractivity contribution in [2.45, 2.75) is 64.1 Å². The smallest absolute Gasteiger partial charge is 0.264 e. The van der Waals surface area contributed by atoms with Gasteiger partial charge in [0.15, 0.2) is 0 Å². The Bertz CT molecular complexity index is 1690. The first-order valence-corrected chi connectivity index (χ1v) is 17.3. The van der Waals surface area contributed by atoms with Gasteiger partial charge in [-0.15, -0.1) is 0 Å². The van der Waals surface area contributed by atoms with Gasteiger partial charge in [-0.3, -0.25) is 13.9 Å². The molecule has 9 heteroatoms. The molecule has 0 heterocycles. The van der Waals surface area contributed by atoms with Gasteiger partial charge in [0, 0.05) is 23.5 Å². The van der Waals surface area contributed by atoms with E-state index >= 15 is 0 Å². The summed E-state index contributed by atoms with van der Waals surface area (Å²) in [5.74, 6) is -0.777. The van der Waals surface area contributed by atoms with Gasteiger partial charge < -0.3 is 10.2 Å². The van der Waals surface area contributed by atoms with Gasteiger partial charge in [0.25, 0.3) is 10.0 Å². The Hall–Kier alpha value is -3.95. The lowest BCUT2D eigenvalue weighted by Crippen LogP contribution is -2.54. The molecule has 0 radical (unpaired) electrons. The maximum absolute atomic E-state index is 14.5. The first kappa shape index (κ1) is 33.9. The summed E-state index contributed by atoms with van der Waals surface area (Å²) in [7, 11) is -4.15. The summed E-state index contributed by atoms with van der Waals surface area (Å²) >= 11 is 3.42. The van der Waals surface area contributed by atoms with E-state index in [9.17, 15) is 18.0 Å². The second-order valence-corrected chi connectivity index (χ2v) is 14.1. The average molecular weight is 691 g/mol. The molecule has 0 aliphatic carbocycles. The molecule has 0 aliphatic rings. The number of amides is 2. The molecule has 0 unspecified atom stereocenters. The standard InChI is InChI=1S/C36H40BrN3O4S/c1-5-28(4)38-36(42)34(23-29-11-7-6-8-12-29)39(24-30-13-9-10-27(3)22-30)35(41)25-40(32-18-16-31(37)17-19-32)45(43,44)33-20-14-26(2)15-21-33/h6-22,28,34H,5,23-25H2,1-4H3,(H,38,42)/t28-,34-/m0/s1. The normalized spacial score (nSPS) is 12.6. The van der Waals surface area contributed by atoms with Crippen molar-refractivity contribution in [3.05, 3.63) is 130 Å². The van der Waals surface area contributed by atoms with E-state index in [-0.39, 0.29) is 29.8 Å². The summed E-state index contributed by atoms with van der Waals surface area (Å²) in [5.41, 5.74) is 4.00. The van der Waals surface area contributed by atoms with Gasteiger partial charge in [-0.05, 0) is 74.7 Å². The second-order valence-electron chi connectivity index (χ2n) is 11.3. The number of anilines is 1. The molecule has 0 saturated carbocycles. The van der Waals surface area contributed by atoms with Crippen molar-refractivity contribution < 1.29 is 18.0 Å². The fourth-order valence-electron chi connectivity index (χ4n) is 4.98. The monoisotopic (exact) mass is 689 g/mol. The number of hydrogen-bond acceptors (Lipinski definition) is 4. The van der Waals surface area contributed by atoms with Gasteiger partial charge in [0.05, 0.1) is 10.6 Å². The topological polar surface area (TPSA) is 86.8 Å². The predicted octanol–water partition coefficient (Wildman–Crippen LogP) is 6.82. The van der Waals surface area contributed by atoms with Crippen molar-refractivity contribution in [3.63, 3.8) is 0 Å². The second kappa shape index (κ2) is 15.4. The molecule has 45 heavy (non-hydrogen) atoms. The van der Waals surface area contributed by atoms with Gasteiger partial charge in [-0.1, -0.05) is 101 Å². The molecule has 2 amide bonds. The Balaban J connectivity index is 1.80. The van der Waals surface area contributed by atoms with Crippen LogP contribution in [0.1, 0.15) is 42.5 Å². The molecule has 0 saturated heterocycles. The van der Waals surface area contributed by atoms with E-state index in [1.54, 1.807) is 48.5 Å². The zero-order chi connectivity index (χ0) is 32.6. The van der Waals surface area contributed by atoms with Crippen LogP contribution in [0.4, 0.5) is 5.69 Å². The van der Waals surface area contributed by atoms with Crippen LogP contribution in [-0.4, -0.2) is 43.8 Å². The maximum atomic E-state index is 14.5. The third-order valence-corrected chi connectivity index (χ3v) is 10.0. The average Bonchev–Trinajstić information content (AvgIpc) is 3.02. The van der Waals surface area contributed by atoms with E-state index in [1.807, 2.05) is 82.3 Å². The van der Waals surface area contributed by atoms with Crippen molar-refractivity contribution >= 4 is 43.5 Å². The SMILES string of the molecule is CC[C@H](C)NC(=O)[C@H](Cc1ccccc1)N(Cc1cccc(C)c1)C(=O)CN(c1ccc(Br)cc1)S(=O)(=O)c1ccc(C)cc1. The molecular formula is C36H40BrN3O4S. The molecule has 0 spiro atoms. The number of rotatable bonds is 13. The largest absolute Gasteiger partial charge is 0.352 e. The van der Waals surface area contributed by atoms with Gasteiger partial charge in [-0.2, -0.15) is 0 Å².